The molecule has 2 rings (SSSR count). The van der Waals surface area contributed by atoms with Crippen LogP contribution in [-0.2, 0) is 6.42 Å². The molecule has 2 aromatic rings. The van der Waals surface area contributed by atoms with Crippen LogP contribution in [0.1, 0.15) is 11.1 Å². The summed E-state index contributed by atoms with van der Waals surface area (Å²) in [7, 11) is 0. The fraction of sp³-hybridized carbons (Fsp3) is 0.0909. The van der Waals surface area contributed by atoms with Crippen molar-refractivity contribution >= 4 is 0 Å². The van der Waals surface area contributed by atoms with Crippen molar-refractivity contribution in [1.29, 1.82) is 0 Å². The monoisotopic (exact) mass is 170 g/mol. The number of hydrogen-bond acceptors (Lipinski definition) is 2. The zero-order chi connectivity index (χ0) is 8.93. The predicted molar refractivity (Wildman–Crippen MR) is 51.3 cm³/mol. The van der Waals surface area contributed by atoms with Crippen LogP contribution < -0.4 is 0 Å². The van der Waals surface area contributed by atoms with Gasteiger partial charge in [-0.1, -0.05) is 0 Å². The maximum absolute atomic E-state index is 3.97. The fourth-order valence-corrected chi connectivity index (χ4v) is 1.24. The molecule has 0 unspecified atom stereocenters. The van der Waals surface area contributed by atoms with Crippen molar-refractivity contribution in [3.05, 3.63) is 60.2 Å². The summed E-state index contributed by atoms with van der Waals surface area (Å²) in [6.45, 7) is 0. The molecule has 0 spiro atoms. The molecule has 2 heteroatoms. The van der Waals surface area contributed by atoms with Crippen LogP contribution in [0.3, 0.4) is 0 Å². The van der Waals surface area contributed by atoms with Crippen LogP contribution in [0.2, 0.25) is 0 Å². The number of nitrogens with zero attached hydrogens (tertiary/aromatic N) is 2. The summed E-state index contributed by atoms with van der Waals surface area (Å²) < 4.78 is 0. The van der Waals surface area contributed by atoms with E-state index < -0.39 is 0 Å². The Labute approximate surface area is 77.3 Å². The van der Waals surface area contributed by atoms with Crippen LogP contribution in [0.15, 0.2) is 49.1 Å². The third kappa shape index (κ3) is 2.12. The molecule has 64 valence electrons. The summed E-state index contributed by atoms with van der Waals surface area (Å²) in [6, 6.07) is 8.11. The second-order valence-electron chi connectivity index (χ2n) is 2.89. The largest absolute Gasteiger partial charge is 0.265 e. The molecule has 13 heavy (non-hydrogen) atoms. The Hall–Kier alpha value is -1.70. The van der Waals surface area contributed by atoms with Gasteiger partial charge in [-0.05, 0) is 41.8 Å². The highest BCUT2D eigenvalue weighted by atomic mass is 14.6. The minimum absolute atomic E-state index is 0.949. The van der Waals surface area contributed by atoms with E-state index in [2.05, 4.69) is 9.97 Å². The first kappa shape index (κ1) is 7.92. The van der Waals surface area contributed by atoms with Gasteiger partial charge in [-0.3, -0.25) is 9.97 Å². The van der Waals surface area contributed by atoms with Crippen molar-refractivity contribution in [2.45, 2.75) is 6.42 Å². The Kier molecular flexibility index (Phi) is 2.32. The van der Waals surface area contributed by atoms with Crippen molar-refractivity contribution in [1.82, 2.24) is 9.97 Å². The number of rotatable bonds is 2. The first-order valence-electron chi connectivity index (χ1n) is 4.23. The second-order valence-corrected chi connectivity index (χ2v) is 2.89. The molecule has 0 N–H and O–H groups in total. The van der Waals surface area contributed by atoms with Gasteiger partial charge in [-0.15, -0.1) is 0 Å². The highest BCUT2D eigenvalue weighted by Crippen LogP contribution is 2.06. The lowest BCUT2D eigenvalue weighted by atomic mass is 10.1. The predicted octanol–water partition coefficient (Wildman–Crippen LogP) is 2.07. The van der Waals surface area contributed by atoms with E-state index in [1.54, 1.807) is 0 Å². The molecule has 0 radical (unpaired) electrons. The quantitative estimate of drug-likeness (QED) is 0.689. The van der Waals surface area contributed by atoms with Gasteiger partial charge < -0.3 is 0 Å². The number of aromatic nitrogens is 2. The third-order valence-electron chi connectivity index (χ3n) is 1.91. The first-order valence-corrected chi connectivity index (χ1v) is 4.23. The zero-order valence-corrected chi connectivity index (χ0v) is 7.22. The maximum Gasteiger partial charge on any atom is 0.0270 e. The lowest BCUT2D eigenvalue weighted by Gasteiger charge is -1.99. The molecule has 2 nitrogen and oxygen atoms in total. The molecule has 0 amide bonds. The van der Waals surface area contributed by atoms with Crippen molar-refractivity contribution < 1.29 is 0 Å². The molecule has 2 aromatic heterocycles. The summed E-state index contributed by atoms with van der Waals surface area (Å²) in [5.41, 5.74) is 2.56. The van der Waals surface area contributed by atoms with Gasteiger partial charge in [0.2, 0.25) is 0 Å². The van der Waals surface area contributed by atoms with Gasteiger partial charge in [0.15, 0.2) is 0 Å². The molecular weight excluding hydrogens is 160 g/mol. The SMILES string of the molecule is c1cc(Cc2ccncc2)ccn1. The Balaban J connectivity index is 2.16. The standard InChI is InChI=1S/C11H10N2/c1-5-12-6-2-10(1)9-11-3-7-13-8-4-11/h1-8H,9H2. The van der Waals surface area contributed by atoms with Crippen LogP contribution >= 0.6 is 0 Å². The van der Waals surface area contributed by atoms with Crippen molar-refractivity contribution in [2.75, 3.05) is 0 Å². The van der Waals surface area contributed by atoms with E-state index in [1.807, 2.05) is 49.1 Å². The Morgan fingerprint density at radius 2 is 1.08 bits per heavy atom. The highest BCUT2D eigenvalue weighted by Gasteiger charge is 1.93. The third-order valence-corrected chi connectivity index (χ3v) is 1.91. The molecule has 0 aliphatic rings. The fourth-order valence-electron chi connectivity index (χ4n) is 1.24. The average molecular weight is 170 g/mol. The molecule has 0 aliphatic heterocycles. The maximum atomic E-state index is 3.97. The van der Waals surface area contributed by atoms with Gasteiger partial charge in [0.25, 0.3) is 0 Å². The molecule has 0 aliphatic carbocycles. The molecule has 0 fully saturated rings. The van der Waals surface area contributed by atoms with Gasteiger partial charge in [0.1, 0.15) is 0 Å². The Morgan fingerprint density at radius 1 is 0.692 bits per heavy atom. The molecule has 0 saturated heterocycles. The zero-order valence-electron chi connectivity index (χ0n) is 7.22. The second kappa shape index (κ2) is 3.81. The Bertz CT molecular complexity index is 319. The van der Waals surface area contributed by atoms with E-state index in [0.717, 1.165) is 6.42 Å². The molecule has 2 heterocycles. The highest BCUT2D eigenvalue weighted by molar-refractivity contribution is 5.21. The van der Waals surface area contributed by atoms with E-state index >= 15 is 0 Å². The summed E-state index contributed by atoms with van der Waals surface area (Å²) in [4.78, 5) is 7.95. The van der Waals surface area contributed by atoms with Gasteiger partial charge in [0.05, 0.1) is 0 Å². The van der Waals surface area contributed by atoms with Crippen LogP contribution in [-0.4, -0.2) is 9.97 Å². The van der Waals surface area contributed by atoms with Crippen LogP contribution in [0.5, 0.6) is 0 Å². The van der Waals surface area contributed by atoms with Crippen LogP contribution in [0.25, 0.3) is 0 Å². The summed E-state index contributed by atoms with van der Waals surface area (Å²) in [6.07, 6.45) is 8.21. The Morgan fingerprint density at radius 3 is 1.46 bits per heavy atom. The molecular formula is C11H10N2. The smallest absolute Gasteiger partial charge is 0.0270 e. The molecule has 0 bridgehead atoms. The van der Waals surface area contributed by atoms with Crippen molar-refractivity contribution in [3.63, 3.8) is 0 Å². The van der Waals surface area contributed by atoms with Crippen molar-refractivity contribution in [3.8, 4) is 0 Å². The van der Waals surface area contributed by atoms with E-state index in [9.17, 15) is 0 Å². The summed E-state index contributed by atoms with van der Waals surface area (Å²) in [5.74, 6) is 0. The minimum atomic E-state index is 0.949. The summed E-state index contributed by atoms with van der Waals surface area (Å²) in [5, 5.41) is 0. The number of pyridine rings is 2. The van der Waals surface area contributed by atoms with Gasteiger partial charge >= 0.3 is 0 Å². The average Bonchev–Trinajstić information content (AvgIpc) is 2.21. The lowest BCUT2D eigenvalue weighted by molar-refractivity contribution is 1.14. The minimum Gasteiger partial charge on any atom is -0.265 e. The normalized spacial score (nSPS) is 9.85. The van der Waals surface area contributed by atoms with Crippen LogP contribution in [0, 0.1) is 0 Å². The molecule has 0 aromatic carbocycles. The molecule has 0 saturated carbocycles. The number of hydrogen-bond donors (Lipinski definition) is 0. The van der Waals surface area contributed by atoms with E-state index in [-0.39, 0.29) is 0 Å². The lowest BCUT2D eigenvalue weighted by Crippen LogP contribution is -1.87. The van der Waals surface area contributed by atoms with Crippen LogP contribution in [0.4, 0.5) is 0 Å². The topological polar surface area (TPSA) is 25.8 Å². The van der Waals surface area contributed by atoms with Crippen molar-refractivity contribution in [2.24, 2.45) is 0 Å². The van der Waals surface area contributed by atoms with E-state index in [1.165, 1.54) is 11.1 Å². The van der Waals surface area contributed by atoms with E-state index in [0.29, 0.717) is 0 Å². The summed E-state index contributed by atoms with van der Waals surface area (Å²) >= 11 is 0. The first-order chi connectivity index (χ1) is 6.45. The molecule has 0 atom stereocenters. The van der Waals surface area contributed by atoms with Gasteiger partial charge in [-0.25, -0.2) is 0 Å². The van der Waals surface area contributed by atoms with E-state index in [4.69, 9.17) is 0 Å². The van der Waals surface area contributed by atoms with Gasteiger partial charge in [0, 0.05) is 24.8 Å². The van der Waals surface area contributed by atoms with Gasteiger partial charge in [-0.2, -0.15) is 0 Å².